The molecule has 2 nitrogen and oxygen atoms in total. The van der Waals surface area contributed by atoms with Gasteiger partial charge in [-0.2, -0.15) is 0 Å². The zero-order valence-electron chi connectivity index (χ0n) is 15.4. The summed E-state index contributed by atoms with van der Waals surface area (Å²) in [6, 6.07) is -2.39. The van der Waals surface area contributed by atoms with Crippen LogP contribution in [0, 0.1) is 0 Å². The summed E-state index contributed by atoms with van der Waals surface area (Å²) in [4.78, 5) is 4.43. The number of pyridine rings is 1. The molecule has 0 amide bonds. The van der Waals surface area contributed by atoms with Crippen LogP contribution in [-0.2, 0) is 0 Å². The molecule has 0 aromatic carbocycles. The highest BCUT2D eigenvalue weighted by atomic mass is 15.1. The van der Waals surface area contributed by atoms with Crippen LogP contribution < -0.4 is 0 Å². The average Bonchev–Trinajstić information content (AvgIpc) is 2.63. The maximum absolute atomic E-state index is 7.98. The average molecular weight is 171 g/mol. The van der Waals surface area contributed by atoms with Crippen LogP contribution in [0.3, 0.4) is 0 Å². The Hall–Kier alpha value is -0.890. The fourth-order valence-corrected chi connectivity index (χ4v) is 1.19. The second-order valence-corrected chi connectivity index (χ2v) is 2.55. The van der Waals surface area contributed by atoms with Gasteiger partial charge in [-0.1, -0.05) is 6.04 Å². The van der Waals surface area contributed by atoms with E-state index in [1.807, 2.05) is 0 Å². The van der Waals surface area contributed by atoms with Crippen molar-refractivity contribution in [2.45, 2.75) is 18.8 Å². The third-order valence-corrected chi connectivity index (χ3v) is 1.76. The minimum absolute atomic E-state index is 0.0387. The van der Waals surface area contributed by atoms with E-state index in [4.69, 9.17) is 12.3 Å². The molecule has 1 aromatic rings. The monoisotopic (exact) mass is 171 g/mol. The summed E-state index contributed by atoms with van der Waals surface area (Å²) in [5.74, 6) is 0. The molecule has 0 aliphatic carbocycles. The van der Waals surface area contributed by atoms with Crippen molar-refractivity contribution in [3.8, 4) is 0 Å². The fraction of sp³-hybridized carbons (Fsp3) is 0.500. The normalized spacial score (nSPS) is 40.7. The van der Waals surface area contributed by atoms with Crippen LogP contribution in [0.4, 0.5) is 0 Å². The highest BCUT2D eigenvalue weighted by Crippen LogP contribution is 2.29. The fourth-order valence-electron chi connectivity index (χ4n) is 1.19. The minimum Gasteiger partial charge on any atom is -0.299 e. The van der Waals surface area contributed by atoms with Gasteiger partial charge in [0.05, 0.1) is 5.48 Å². The van der Waals surface area contributed by atoms with Gasteiger partial charge in [-0.15, -0.1) is 0 Å². The van der Waals surface area contributed by atoms with Gasteiger partial charge >= 0.3 is 0 Å². The maximum Gasteiger partial charge on any atom is 0.0843 e. The van der Waals surface area contributed by atoms with E-state index in [9.17, 15) is 0 Å². The van der Waals surface area contributed by atoms with Crippen LogP contribution in [0.5, 0.6) is 0 Å². The summed E-state index contributed by atoms with van der Waals surface area (Å²) in [5, 5.41) is 0. The molecule has 12 heavy (non-hydrogen) atoms. The van der Waals surface area contributed by atoms with E-state index in [0.717, 1.165) is 4.90 Å². The van der Waals surface area contributed by atoms with E-state index in [-0.39, 0.29) is 18.5 Å². The molecule has 2 rings (SSSR count). The molecule has 1 aliphatic rings. The van der Waals surface area contributed by atoms with Crippen molar-refractivity contribution in [2.75, 3.05) is 13.5 Å². The van der Waals surface area contributed by atoms with Crippen molar-refractivity contribution in [2.24, 2.45) is 0 Å². The van der Waals surface area contributed by atoms with Crippen LogP contribution in [0.2, 0.25) is 0 Å². The van der Waals surface area contributed by atoms with Gasteiger partial charge in [0.2, 0.25) is 0 Å². The second kappa shape index (κ2) is 3.23. The third kappa shape index (κ3) is 1.34. The lowest BCUT2D eigenvalue weighted by molar-refractivity contribution is 0.317. The minimum atomic E-state index is -2.57. The molecule has 64 valence electrons. The Labute approximate surface area is 85.9 Å². The number of hydrogen-bond acceptors (Lipinski definition) is 2. The SMILES string of the molecule is [2H]c1nc([2H])c([C@H]2N(C([2H])([2H])[2H])CCC2([2H])[2H])c([2H])c1[2H]. The number of likely N-dealkylation sites (tertiary alicyclic amines) is 1. The highest BCUT2D eigenvalue weighted by molar-refractivity contribution is 5.14. The smallest absolute Gasteiger partial charge is 0.0843 e. The Morgan fingerprint density at radius 3 is 3.83 bits per heavy atom. The molecule has 0 bridgehead atoms. The molecule has 0 saturated carbocycles. The molecular formula is C10H14N2. The zero-order valence-corrected chi connectivity index (χ0v) is 6.39. The summed E-state index contributed by atoms with van der Waals surface area (Å²) >= 11 is 0. The van der Waals surface area contributed by atoms with E-state index in [2.05, 4.69) is 4.98 Å². The molecule has 0 radical (unpaired) electrons. The van der Waals surface area contributed by atoms with Gasteiger partial charge in [0, 0.05) is 25.2 Å². The lowest BCUT2D eigenvalue weighted by Gasteiger charge is -2.18. The first-order valence-corrected chi connectivity index (χ1v) is 3.68. The predicted molar refractivity (Wildman–Crippen MR) is 48.8 cm³/mol. The van der Waals surface area contributed by atoms with Crippen molar-refractivity contribution in [3.63, 3.8) is 0 Å². The van der Waals surface area contributed by atoms with Gasteiger partial charge in [-0.05, 0) is 37.9 Å². The maximum atomic E-state index is 7.98. The second-order valence-electron chi connectivity index (χ2n) is 2.55. The molecule has 1 atom stereocenters. The van der Waals surface area contributed by atoms with Gasteiger partial charge < -0.3 is 0 Å². The van der Waals surface area contributed by atoms with Gasteiger partial charge in [-0.3, -0.25) is 9.88 Å². The Kier molecular flexibility index (Phi) is 0.687. The van der Waals surface area contributed by atoms with Gasteiger partial charge in [0.25, 0.3) is 0 Å². The summed E-state index contributed by atoms with van der Waals surface area (Å²) in [6.45, 7) is -2.61. The molecular weight excluding hydrogens is 148 g/mol. The Bertz CT molecular complexity index is 569. The first kappa shape index (κ1) is 2.55. The van der Waals surface area contributed by atoms with E-state index < -0.39 is 43.8 Å². The molecule has 2 heteroatoms. The molecule has 0 unspecified atom stereocenters. The number of nitrogens with zero attached hydrogens (tertiary/aromatic N) is 2. The van der Waals surface area contributed by atoms with E-state index in [0.29, 0.717) is 0 Å². The Morgan fingerprint density at radius 1 is 1.92 bits per heavy atom. The van der Waals surface area contributed by atoms with Crippen LogP contribution in [0.15, 0.2) is 24.4 Å². The van der Waals surface area contributed by atoms with Crippen molar-refractivity contribution in [3.05, 3.63) is 30.0 Å². The molecule has 1 aliphatic heterocycles. The number of rotatable bonds is 1. The standard InChI is InChI=1S/C10H14N2/c1-12-7-3-5-10(12)9-4-2-6-11-8-9/h2,4,6,8,10H,3,5,7H2,1H3/t10-/m0/s1/i1D3,2D,4D,5D2,6D,8D. The van der Waals surface area contributed by atoms with Crippen molar-refractivity contribution >= 4 is 0 Å². The summed E-state index contributed by atoms with van der Waals surface area (Å²) in [7, 11) is 0. The molecule has 0 spiro atoms. The van der Waals surface area contributed by atoms with Crippen LogP contribution in [0.1, 0.15) is 36.7 Å². The van der Waals surface area contributed by atoms with E-state index >= 15 is 0 Å². The Morgan fingerprint density at radius 2 is 2.92 bits per heavy atom. The molecule has 1 saturated heterocycles. The van der Waals surface area contributed by atoms with Crippen LogP contribution in [-0.4, -0.2) is 23.4 Å². The zero-order chi connectivity index (χ0) is 16.2. The van der Waals surface area contributed by atoms with Crippen LogP contribution in [0.25, 0.3) is 0 Å². The number of aromatic nitrogens is 1. The molecule has 1 fully saturated rings. The summed E-state index contributed by atoms with van der Waals surface area (Å²) in [6.07, 6.45) is -3.07. The van der Waals surface area contributed by atoms with Gasteiger partial charge in [0.15, 0.2) is 0 Å². The lowest BCUT2D eigenvalue weighted by atomic mass is 10.1. The summed E-state index contributed by atoms with van der Waals surface area (Å²) in [5.41, 5.74) is -0.241. The van der Waals surface area contributed by atoms with E-state index in [1.54, 1.807) is 0 Å². The largest absolute Gasteiger partial charge is 0.299 e. The molecule has 2 heterocycles. The van der Waals surface area contributed by atoms with Crippen molar-refractivity contribution in [1.29, 1.82) is 0 Å². The van der Waals surface area contributed by atoms with Crippen molar-refractivity contribution in [1.82, 2.24) is 9.88 Å². The quantitative estimate of drug-likeness (QED) is 0.641. The Balaban J connectivity index is 2.65. The molecule has 1 aromatic heterocycles. The molecule has 0 N–H and O–H groups in total. The first-order valence-electron chi connectivity index (χ1n) is 8.18. The highest BCUT2D eigenvalue weighted by Gasteiger charge is 2.21. The third-order valence-electron chi connectivity index (χ3n) is 1.76. The first-order chi connectivity index (χ1) is 9.47. The van der Waals surface area contributed by atoms with Crippen molar-refractivity contribution < 1.29 is 12.3 Å². The van der Waals surface area contributed by atoms with E-state index in [1.165, 1.54) is 0 Å². The van der Waals surface area contributed by atoms with Crippen LogP contribution >= 0.6 is 0 Å². The van der Waals surface area contributed by atoms with Gasteiger partial charge in [-0.25, -0.2) is 0 Å². The number of hydrogen-bond donors (Lipinski definition) is 0. The topological polar surface area (TPSA) is 16.1 Å². The predicted octanol–water partition coefficient (Wildman–Crippen LogP) is 1.85. The lowest BCUT2D eigenvalue weighted by Crippen LogP contribution is -2.17. The van der Waals surface area contributed by atoms with Gasteiger partial charge in [0.1, 0.15) is 0 Å². The summed E-state index contributed by atoms with van der Waals surface area (Å²) < 4.78 is 69.0.